The maximum atomic E-state index is 11.9. The van der Waals surface area contributed by atoms with E-state index in [1.165, 1.54) is 11.3 Å². The molecule has 2 N–H and O–H groups in total. The Labute approximate surface area is 144 Å². The van der Waals surface area contributed by atoms with E-state index in [0.717, 1.165) is 4.88 Å². The van der Waals surface area contributed by atoms with Crippen LogP contribution in [0.15, 0.2) is 40.9 Å². The minimum Gasteiger partial charge on any atom is -0.451 e. The Morgan fingerprint density at radius 3 is 2.52 bits per heavy atom. The number of nitrogens with one attached hydrogen (secondary N) is 2. The van der Waals surface area contributed by atoms with Crippen LogP contribution in [-0.2, 0) is 9.53 Å². The number of aryl methyl sites for hydroxylation is 1. The lowest BCUT2D eigenvalue weighted by molar-refractivity contribution is -0.125. The van der Waals surface area contributed by atoms with Crippen LogP contribution in [-0.4, -0.2) is 24.4 Å². The Hall–Kier alpha value is -2.19. The maximum absolute atomic E-state index is 11.9. The first-order valence-electron chi connectivity index (χ1n) is 6.54. The van der Waals surface area contributed by atoms with E-state index >= 15 is 0 Å². The highest BCUT2D eigenvalue weighted by Crippen LogP contribution is 2.16. The van der Waals surface area contributed by atoms with E-state index in [1.807, 2.05) is 6.92 Å². The van der Waals surface area contributed by atoms with E-state index in [1.54, 1.807) is 36.4 Å². The fourth-order valence-corrected chi connectivity index (χ4v) is 2.85. The van der Waals surface area contributed by atoms with Crippen molar-refractivity contribution in [2.75, 3.05) is 6.61 Å². The standard InChI is InChI=1S/C15H13BrN2O4S/c1-9-6-7-12(23-9)15(21)22-8-13(19)17-18-14(20)10-4-2-3-5-11(10)16/h2-7H,8H2,1H3,(H,17,19)(H,18,20). The third-order valence-corrected chi connectivity index (χ3v) is 4.38. The second kappa shape index (κ2) is 7.89. The highest BCUT2D eigenvalue weighted by atomic mass is 79.9. The van der Waals surface area contributed by atoms with Gasteiger partial charge in [0.1, 0.15) is 4.88 Å². The first-order chi connectivity index (χ1) is 11.0. The van der Waals surface area contributed by atoms with Gasteiger partial charge < -0.3 is 4.74 Å². The summed E-state index contributed by atoms with van der Waals surface area (Å²) in [6, 6.07) is 10.2. The zero-order valence-electron chi connectivity index (χ0n) is 12.1. The van der Waals surface area contributed by atoms with Crippen molar-refractivity contribution in [3.63, 3.8) is 0 Å². The number of hydrogen-bond acceptors (Lipinski definition) is 5. The van der Waals surface area contributed by atoms with Gasteiger partial charge in [-0.05, 0) is 47.1 Å². The van der Waals surface area contributed by atoms with Crippen LogP contribution < -0.4 is 10.9 Å². The van der Waals surface area contributed by atoms with Crippen LogP contribution >= 0.6 is 27.3 Å². The van der Waals surface area contributed by atoms with E-state index in [2.05, 4.69) is 26.8 Å². The van der Waals surface area contributed by atoms with Crippen molar-refractivity contribution in [1.29, 1.82) is 0 Å². The number of carbonyl (C=O) groups is 3. The van der Waals surface area contributed by atoms with E-state index in [4.69, 9.17) is 4.74 Å². The number of carbonyl (C=O) groups excluding carboxylic acids is 3. The molecule has 0 atom stereocenters. The largest absolute Gasteiger partial charge is 0.451 e. The molecule has 23 heavy (non-hydrogen) atoms. The lowest BCUT2D eigenvalue weighted by atomic mass is 10.2. The summed E-state index contributed by atoms with van der Waals surface area (Å²) in [7, 11) is 0. The fourth-order valence-electron chi connectivity index (χ4n) is 1.62. The van der Waals surface area contributed by atoms with Gasteiger partial charge in [-0.25, -0.2) is 4.79 Å². The van der Waals surface area contributed by atoms with Gasteiger partial charge in [0, 0.05) is 9.35 Å². The highest BCUT2D eigenvalue weighted by Gasteiger charge is 2.13. The molecule has 0 aliphatic heterocycles. The molecule has 2 rings (SSSR count). The highest BCUT2D eigenvalue weighted by molar-refractivity contribution is 9.10. The molecule has 0 aliphatic rings. The molecule has 0 radical (unpaired) electrons. The van der Waals surface area contributed by atoms with Crippen molar-refractivity contribution in [2.45, 2.75) is 6.92 Å². The van der Waals surface area contributed by atoms with E-state index in [-0.39, 0.29) is 0 Å². The molecule has 6 nitrogen and oxygen atoms in total. The number of benzene rings is 1. The lowest BCUT2D eigenvalue weighted by Crippen LogP contribution is -2.43. The molecule has 1 aromatic heterocycles. The normalized spacial score (nSPS) is 10.0. The second-order valence-electron chi connectivity index (χ2n) is 4.47. The van der Waals surface area contributed by atoms with Crippen molar-refractivity contribution < 1.29 is 19.1 Å². The molecule has 0 fully saturated rings. The van der Waals surface area contributed by atoms with Gasteiger partial charge in [0.25, 0.3) is 11.8 Å². The van der Waals surface area contributed by atoms with Gasteiger partial charge in [-0.2, -0.15) is 0 Å². The molecule has 0 aliphatic carbocycles. The number of hydrazine groups is 1. The van der Waals surface area contributed by atoms with Crippen molar-refractivity contribution >= 4 is 45.1 Å². The first kappa shape index (κ1) is 17.2. The summed E-state index contributed by atoms with van der Waals surface area (Å²) in [4.78, 5) is 36.5. The number of halogens is 1. The molecular formula is C15H13BrN2O4S. The number of amides is 2. The molecule has 0 spiro atoms. The molecule has 8 heteroatoms. The minimum absolute atomic E-state index is 0.374. The Morgan fingerprint density at radius 2 is 1.87 bits per heavy atom. The molecule has 1 heterocycles. The summed E-state index contributed by atoms with van der Waals surface area (Å²) in [5.41, 5.74) is 4.81. The summed E-state index contributed by atoms with van der Waals surface area (Å²) in [6.45, 7) is 1.39. The first-order valence-corrected chi connectivity index (χ1v) is 8.15. The van der Waals surface area contributed by atoms with Gasteiger partial charge in [0.15, 0.2) is 6.61 Å². The topological polar surface area (TPSA) is 84.5 Å². The SMILES string of the molecule is Cc1ccc(C(=O)OCC(=O)NNC(=O)c2ccccc2Br)s1. The molecular weight excluding hydrogens is 384 g/mol. The Kier molecular flexibility index (Phi) is 5.89. The van der Waals surface area contributed by atoms with Crippen molar-refractivity contribution in [2.24, 2.45) is 0 Å². The third-order valence-electron chi connectivity index (χ3n) is 2.71. The van der Waals surface area contributed by atoms with Crippen LogP contribution in [0.4, 0.5) is 0 Å². The average molecular weight is 397 g/mol. The molecule has 1 aromatic carbocycles. The predicted molar refractivity (Wildman–Crippen MR) is 89.1 cm³/mol. The quantitative estimate of drug-likeness (QED) is 0.613. The van der Waals surface area contributed by atoms with E-state index < -0.39 is 24.4 Å². The van der Waals surface area contributed by atoms with Crippen molar-refractivity contribution in [1.82, 2.24) is 10.9 Å². The number of hydrogen-bond donors (Lipinski definition) is 2. The third kappa shape index (κ3) is 4.90. The van der Waals surface area contributed by atoms with Crippen LogP contribution in [0.5, 0.6) is 0 Å². The van der Waals surface area contributed by atoms with Crippen LogP contribution in [0, 0.1) is 6.92 Å². The van der Waals surface area contributed by atoms with Gasteiger partial charge in [-0.15, -0.1) is 11.3 Å². The number of thiophene rings is 1. The van der Waals surface area contributed by atoms with E-state index in [0.29, 0.717) is 14.9 Å². The van der Waals surface area contributed by atoms with Crippen LogP contribution in [0.3, 0.4) is 0 Å². The zero-order chi connectivity index (χ0) is 16.8. The summed E-state index contributed by atoms with van der Waals surface area (Å²) in [6.07, 6.45) is 0. The van der Waals surface area contributed by atoms with Crippen LogP contribution in [0.1, 0.15) is 24.9 Å². The number of esters is 1. The van der Waals surface area contributed by atoms with Gasteiger partial charge in [-0.3, -0.25) is 20.4 Å². The second-order valence-corrected chi connectivity index (χ2v) is 6.61. The summed E-state index contributed by atoms with van der Waals surface area (Å²) < 4.78 is 5.47. The summed E-state index contributed by atoms with van der Waals surface area (Å²) in [5.74, 6) is -1.69. The van der Waals surface area contributed by atoms with Crippen molar-refractivity contribution in [3.05, 3.63) is 56.2 Å². The van der Waals surface area contributed by atoms with Gasteiger partial charge in [-0.1, -0.05) is 12.1 Å². The number of ether oxygens (including phenoxy) is 1. The smallest absolute Gasteiger partial charge is 0.348 e. The molecule has 120 valence electrons. The molecule has 0 unspecified atom stereocenters. The van der Waals surface area contributed by atoms with Gasteiger partial charge in [0.2, 0.25) is 0 Å². The number of rotatable bonds is 4. The molecule has 0 saturated carbocycles. The van der Waals surface area contributed by atoms with Crippen molar-refractivity contribution in [3.8, 4) is 0 Å². The molecule has 2 aromatic rings. The van der Waals surface area contributed by atoms with E-state index in [9.17, 15) is 14.4 Å². The predicted octanol–water partition coefficient (Wildman–Crippen LogP) is 2.44. The Morgan fingerprint density at radius 1 is 1.13 bits per heavy atom. The maximum Gasteiger partial charge on any atom is 0.348 e. The van der Waals surface area contributed by atoms with Crippen LogP contribution in [0.25, 0.3) is 0 Å². The fraction of sp³-hybridized carbons (Fsp3) is 0.133. The molecule has 2 amide bonds. The Balaban J connectivity index is 1.78. The Bertz CT molecular complexity index is 745. The molecule has 0 bridgehead atoms. The summed E-state index contributed by atoms with van der Waals surface area (Å²) >= 11 is 4.52. The lowest BCUT2D eigenvalue weighted by Gasteiger charge is -2.08. The molecule has 0 saturated heterocycles. The zero-order valence-corrected chi connectivity index (χ0v) is 14.5. The average Bonchev–Trinajstić information content (AvgIpc) is 2.97. The minimum atomic E-state index is -0.632. The van der Waals surface area contributed by atoms with Gasteiger partial charge in [0.05, 0.1) is 5.56 Å². The van der Waals surface area contributed by atoms with Crippen LogP contribution in [0.2, 0.25) is 0 Å². The van der Waals surface area contributed by atoms with Gasteiger partial charge >= 0.3 is 5.97 Å². The monoisotopic (exact) mass is 396 g/mol. The summed E-state index contributed by atoms with van der Waals surface area (Å²) in [5, 5.41) is 0.